The van der Waals surface area contributed by atoms with Gasteiger partial charge in [0.05, 0.1) is 11.4 Å². The maximum Gasteiger partial charge on any atom is 0.390 e. The molecule has 0 spiro atoms. The van der Waals surface area contributed by atoms with Crippen LogP contribution in [0.15, 0.2) is 17.1 Å². The van der Waals surface area contributed by atoms with Gasteiger partial charge in [0.15, 0.2) is 5.96 Å². The molecule has 0 fully saturated rings. The smallest absolute Gasteiger partial charge is 0.390 e. The molecule has 0 radical (unpaired) electrons. The Hall–Kier alpha value is -1.48. The number of ether oxygens (including phenoxy) is 1. The zero-order valence-corrected chi connectivity index (χ0v) is 13.9. The zero-order valence-electron chi connectivity index (χ0n) is 12.4. The van der Waals surface area contributed by atoms with E-state index in [-0.39, 0.29) is 40.4 Å². The molecule has 0 atom stereocenters. The van der Waals surface area contributed by atoms with Gasteiger partial charge in [0, 0.05) is 30.7 Å². The van der Waals surface area contributed by atoms with E-state index in [0.29, 0.717) is 0 Å². The summed E-state index contributed by atoms with van der Waals surface area (Å²) in [5.41, 5.74) is 0.201. The number of nitrogens with one attached hydrogen (secondary N) is 2. The fraction of sp³-hybridized carbons (Fsp3) is 0.462. The Morgan fingerprint density at radius 3 is 2.46 bits per heavy atom. The summed E-state index contributed by atoms with van der Waals surface area (Å²) in [4.78, 5) is 3.73. The van der Waals surface area contributed by atoms with Crippen LogP contribution in [0.25, 0.3) is 0 Å². The first-order valence-corrected chi connectivity index (χ1v) is 7.32. The molecule has 0 aliphatic carbocycles. The molecule has 0 aliphatic rings. The molecular weight excluding hydrogens is 380 g/mol. The van der Waals surface area contributed by atoms with Crippen LogP contribution in [0.1, 0.15) is 12.0 Å². The molecule has 2 N–H and O–H groups in total. The van der Waals surface area contributed by atoms with Crippen LogP contribution in [0, 0.1) is 0 Å². The van der Waals surface area contributed by atoms with Gasteiger partial charge < -0.3 is 15.4 Å². The van der Waals surface area contributed by atoms with Gasteiger partial charge in [-0.25, -0.2) is 0 Å². The molecule has 0 heterocycles. The highest BCUT2D eigenvalue weighted by molar-refractivity contribution is 6.35. The third-order valence-electron chi connectivity index (χ3n) is 2.66. The van der Waals surface area contributed by atoms with E-state index in [1.54, 1.807) is 0 Å². The average molecular weight is 394 g/mol. The van der Waals surface area contributed by atoms with E-state index in [1.165, 1.54) is 19.2 Å². The Bertz CT molecular complexity index is 581. The van der Waals surface area contributed by atoms with Crippen molar-refractivity contribution >= 4 is 29.2 Å². The topological polar surface area (TPSA) is 45.7 Å². The van der Waals surface area contributed by atoms with E-state index in [2.05, 4.69) is 20.4 Å². The molecular formula is C13H14Cl2F5N3O. The second-order valence-electron chi connectivity index (χ2n) is 4.47. The number of hydrogen-bond donors (Lipinski definition) is 2. The lowest BCUT2D eigenvalue weighted by atomic mass is 10.2. The summed E-state index contributed by atoms with van der Waals surface area (Å²) >= 11 is 11.6. The lowest BCUT2D eigenvalue weighted by Gasteiger charge is -2.16. The van der Waals surface area contributed by atoms with E-state index in [0.717, 1.165) is 0 Å². The number of halogens is 7. The summed E-state index contributed by atoms with van der Waals surface area (Å²) in [5, 5.41) is 5.20. The van der Waals surface area contributed by atoms with Gasteiger partial charge in [-0.15, -0.1) is 0 Å². The van der Waals surface area contributed by atoms with E-state index < -0.39 is 19.2 Å². The number of guanidine groups is 1. The van der Waals surface area contributed by atoms with Crippen molar-refractivity contribution < 1.29 is 26.7 Å². The van der Waals surface area contributed by atoms with Crippen molar-refractivity contribution in [2.45, 2.75) is 25.8 Å². The summed E-state index contributed by atoms with van der Waals surface area (Å²) in [6.45, 7) is -3.57. The maximum atomic E-state index is 12.4. The van der Waals surface area contributed by atoms with Gasteiger partial charge in [0.2, 0.25) is 0 Å². The Morgan fingerprint density at radius 1 is 1.25 bits per heavy atom. The van der Waals surface area contributed by atoms with Crippen LogP contribution in [0.2, 0.25) is 10.0 Å². The number of alkyl halides is 5. The van der Waals surface area contributed by atoms with Crippen LogP contribution in [-0.4, -0.2) is 32.3 Å². The standard InChI is InChI=1S/C13H14Cl2F5N3O/c1-21-12(22-3-2-13(18,19)20)23-6-7-4-8(14)5-9(15)10(7)24-11(16)17/h4-5,11H,2-3,6H2,1H3,(H2,21,22,23). The van der Waals surface area contributed by atoms with Crippen molar-refractivity contribution in [1.29, 1.82) is 0 Å². The minimum atomic E-state index is -4.30. The molecule has 0 unspecified atom stereocenters. The first-order chi connectivity index (χ1) is 11.1. The van der Waals surface area contributed by atoms with E-state index in [4.69, 9.17) is 23.2 Å². The highest BCUT2D eigenvalue weighted by Crippen LogP contribution is 2.33. The lowest BCUT2D eigenvalue weighted by molar-refractivity contribution is -0.132. The number of rotatable bonds is 6. The minimum absolute atomic E-state index is 0.0540. The number of aliphatic imine (C=N–C) groups is 1. The SMILES string of the molecule is CN=C(NCCC(F)(F)F)NCc1cc(Cl)cc(Cl)c1OC(F)F. The molecule has 24 heavy (non-hydrogen) atoms. The van der Waals surface area contributed by atoms with Crippen LogP contribution < -0.4 is 15.4 Å². The minimum Gasteiger partial charge on any atom is -0.433 e. The molecule has 0 amide bonds. The molecule has 0 aliphatic heterocycles. The molecule has 136 valence electrons. The highest BCUT2D eigenvalue weighted by Gasteiger charge is 2.26. The molecule has 1 aromatic carbocycles. The van der Waals surface area contributed by atoms with Gasteiger partial charge in [0.1, 0.15) is 5.75 Å². The zero-order chi connectivity index (χ0) is 18.3. The fourth-order valence-corrected chi connectivity index (χ4v) is 2.27. The van der Waals surface area contributed by atoms with Crippen LogP contribution in [0.3, 0.4) is 0 Å². The Balaban J connectivity index is 2.74. The summed E-state index contributed by atoms with van der Waals surface area (Å²) in [5.74, 6) is -0.215. The van der Waals surface area contributed by atoms with Crippen LogP contribution in [0.5, 0.6) is 5.75 Å². The third-order valence-corrected chi connectivity index (χ3v) is 3.16. The van der Waals surface area contributed by atoms with Gasteiger partial charge in [-0.3, -0.25) is 4.99 Å². The second kappa shape index (κ2) is 9.12. The number of benzene rings is 1. The molecule has 4 nitrogen and oxygen atoms in total. The lowest BCUT2D eigenvalue weighted by Crippen LogP contribution is -2.38. The summed E-state index contributed by atoms with van der Waals surface area (Å²) in [7, 11) is 1.35. The Kier molecular flexibility index (Phi) is 7.82. The van der Waals surface area contributed by atoms with Crippen molar-refractivity contribution in [2.75, 3.05) is 13.6 Å². The van der Waals surface area contributed by atoms with Crippen molar-refractivity contribution in [3.8, 4) is 5.75 Å². The summed E-state index contributed by atoms with van der Waals surface area (Å²) in [6.07, 6.45) is -5.35. The fourth-order valence-electron chi connectivity index (χ4n) is 1.69. The van der Waals surface area contributed by atoms with Gasteiger partial charge in [0.25, 0.3) is 0 Å². The van der Waals surface area contributed by atoms with Gasteiger partial charge in [-0.2, -0.15) is 22.0 Å². The molecule has 1 aromatic rings. The van der Waals surface area contributed by atoms with Gasteiger partial charge in [-0.05, 0) is 12.1 Å². The van der Waals surface area contributed by atoms with Gasteiger partial charge in [-0.1, -0.05) is 23.2 Å². The molecule has 1 rings (SSSR count). The van der Waals surface area contributed by atoms with Crippen molar-refractivity contribution in [1.82, 2.24) is 10.6 Å². The number of hydrogen-bond acceptors (Lipinski definition) is 2. The quantitative estimate of drug-likeness (QED) is 0.432. The first-order valence-electron chi connectivity index (χ1n) is 6.56. The van der Waals surface area contributed by atoms with Gasteiger partial charge >= 0.3 is 12.8 Å². The summed E-state index contributed by atoms with van der Waals surface area (Å²) < 4.78 is 65.6. The van der Waals surface area contributed by atoms with Crippen LogP contribution in [-0.2, 0) is 6.54 Å². The predicted molar refractivity (Wildman–Crippen MR) is 82.0 cm³/mol. The highest BCUT2D eigenvalue weighted by atomic mass is 35.5. The third kappa shape index (κ3) is 7.39. The first kappa shape index (κ1) is 20.6. The molecule has 0 aromatic heterocycles. The Morgan fingerprint density at radius 2 is 1.92 bits per heavy atom. The maximum absolute atomic E-state index is 12.4. The normalized spacial score (nSPS) is 12.5. The van der Waals surface area contributed by atoms with E-state index in [1.807, 2.05) is 0 Å². The molecule has 0 saturated heterocycles. The van der Waals surface area contributed by atoms with Crippen LogP contribution in [0.4, 0.5) is 22.0 Å². The Labute approximate surface area is 145 Å². The van der Waals surface area contributed by atoms with E-state index in [9.17, 15) is 22.0 Å². The van der Waals surface area contributed by atoms with Crippen molar-refractivity contribution in [2.24, 2.45) is 4.99 Å². The van der Waals surface area contributed by atoms with Crippen LogP contribution >= 0.6 is 23.2 Å². The number of nitrogens with zero attached hydrogens (tertiary/aromatic N) is 1. The molecule has 11 heteroatoms. The second-order valence-corrected chi connectivity index (χ2v) is 5.32. The largest absolute Gasteiger partial charge is 0.433 e. The van der Waals surface area contributed by atoms with Crippen molar-refractivity contribution in [3.05, 3.63) is 27.7 Å². The monoisotopic (exact) mass is 393 g/mol. The molecule has 0 saturated carbocycles. The predicted octanol–water partition coefficient (Wildman–Crippen LogP) is 4.21. The average Bonchev–Trinajstić information content (AvgIpc) is 2.44. The molecule has 0 bridgehead atoms. The summed E-state index contributed by atoms with van der Waals surface area (Å²) in [6, 6.07) is 2.59. The van der Waals surface area contributed by atoms with Crippen molar-refractivity contribution in [3.63, 3.8) is 0 Å². The van der Waals surface area contributed by atoms with E-state index >= 15 is 0 Å².